The Balaban J connectivity index is 1.53. The number of carboxylic acid groups (broad SMARTS) is 1. The zero-order chi connectivity index (χ0) is 21.4. The summed E-state index contributed by atoms with van der Waals surface area (Å²) in [5.41, 5.74) is 3.80. The molecule has 3 heterocycles. The number of urea groups is 1. The number of rotatable bonds is 3. The highest BCUT2D eigenvalue weighted by atomic mass is 32.2. The van der Waals surface area contributed by atoms with E-state index in [0.29, 0.717) is 49.0 Å². The molecule has 3 aromatic rings. The summed E-state index contributed by atoms with van der Waals surface area (Å²) in [5.74, 6) is -0.506. The molecule has 2 aliphatic rings. The van der Waals surface area contributed by atoms with E-state index in [4.69, 9.17) is 4.74 Å². The number of hydrogen-bond donors (Lipinski definition) is 2. The van der Waals surface area contributed by atoms with Gasteiger partial charge in [-0.3, -0.25) is 0 Å². The topological polar surface area (TPSA) is 96.7 Å². The normalized spacial score (nSPS) is 15.2. The van der Waals surface area contributed by atoms with Gasteiger partial charge in [0.25, 0.3) is 0 Å². The maximum Gasteiger partial charge on any atom is 0.356 e. The molecule has 2 N–H and O–H groups in total. The number of carboxylic acids is 1. The van der Waals surface area contributed by atoms with Gasteiger partial charge in [0.2, 0.25) is 0 Å². The molecule has 1 saturated heterocycles. The van der Waals surface area contributed by atoms with Crippen molar-refractivity contribution in [2.75, 3.05) is 31.6 Å². The maximum absolute atomic E-state index is 12.6. The molecule has 8 nitrogen and oxygen atoms in total. The average Bonchev–Trinajstić information content (AvgIpc) is 3.20. The van der Waals surface area contributed by atoms with Gasteiger partial charge in [-0.2, -0.15) is 5.10 Å². The second-order valence-corrected chi connectivity index (χ2v) is 8.27. The molecule has 0 aliphatic carbocycles. The zero-order valence-electron chi connectivity index (χ0n) is 16.6. The summed E-state index contributed by atoms with van der Waals surface area (Å²) in [6.45, 7) is 2.16. The van der Waals surface area contributed by atoms with Crippen LogP contribution in [0.5, 0.6) is 0 Å². The highest BCUT2D eigenvalue weighted by Crippen LogP contribution is 2.43. The third-order valence-corrected chi connectivity index (χ3v) is 6.44. The summed E-state index contributed by atoms with van der Waals surface area (Å²) in [6, 6.07) is 15.0. The third kappa shape index (κ3) is 3.66. The lowest BCUT2D eigenvalue weighted by atomic mass is 10.1. The van der Waals surface area contributed by atoms with Gasteiger partial charge in [0.15, 0.2) is 5.69 Å². The quantitative estimate of drug-likeness (QED) is 0.650. The maximum atomic E-state index is 12.6. The fourth-order valence-corrected chi connectivity index (χ4v) is 4.91. The summed E-state index contributed by atoms with van der Waals surface area (Å²) in [7, 11) is 0. The molecule has 2 aromatic carbocycles. The van der Waals surface area contributed by atoms with E-state index in [1.54, 1.807) is 27.4 Å². The minimum atomic E-state index is -1.05. The number of aromatic carboxylic acids is 1. The Morgan fingerprint density at radius 3 is 2.71 bits per heavy atom. The highest BCUT2D eigenvalue weighted by molar-refractivity contribution is 7.98. The van der Waals surface area contributed by atoms with Crippen LogP contribution in [0.4, 0.5) is 10.5 Å². The van der Waals surface area contributed by atoms with Crippen LogP contribution in [-0.2, 0) is 10.5 Å². The van der Waals surface area contributed by atoms with Crippen LogP contribution in [-0.4, -0.2) is 58.1 Å². The van der Waals surface area contributed by atoms with Gasteiger partial charge in [0, 0.05) is 40.6 Å². The number of fused-ring (bicyclic) bond motifs is 3. The SMILES string of the molecule is O=C(O)c1nn(-c2cccc(NC(=O)N3CCOCC3)c2)c2c1CSc1ccccc1-2. The first-order valence-corrected chi connectivity index (χ1v) is 10.9. The largest absolute Gasteiger partial charge is 0.476 e. The van der Waals surface area contributed by atoms with Crippen molar-refractivity contribution in [2.24, 2.45) is 0 Å². The number of anilines is 1. The number of thioether (sulfide) groups is 1. The van der Waals surface area contributed by atoms with Crippen LogP contribution in [0.15, 0.2) is 53.4 Å². The van der Waals surface area contributed by atoms with Crippen LogP contribution >= 0.6 is 11.8 Å². The first-order chi connectivity index (χ1) is 15.1. The Kier molecular flexibility index (Phi) is 5.13. The van der Waals surface area contributed by atoms with Gasteiger partial charge in [0.05, 0.1) is 24.6 Å². The second-order valence-electron chi connectivity index (χ2n) is 7.26. The molecule has 1 aromatic heterocycles. The second kappa shape index (κ2) is 8.09. The molecular weight excluding hydrogens is 416 g/mol. The predicted molar refractivity (Wildman–Crippen MR) is 117 cm³/mol. The lowest BCUT2D eigenvalue weighted by molar-refractivity contribution is 0.0564. The van der Waals surface area contributed by atoms with Crippen molar-refractivity contribution in [3.63, 3.8) is 0 Å². The molecule has 158 valence electrons. The van der Waals surface area contributed by atoms with Crippen LogP contribution in [0.25, 0.3) is 16.9 Å². The Bertz CT molecular complexity index is 1170. The van der Waals surface area contributed by atoms with E-state index in [1.165, 1.54) is 0 Å². The molecule has 5 rings (SSSR count). The molecule has 0 radical (unpaired) electrons. The molecule has 1 fully saturated rings. The van der Waals surface area contributed by atoms with Crippen LogP contribution < -0.4 is 5.32 Å². The van der Waals surface area contributed by atoms with Crippen molar-refractivity contribution in [2.45, 2.75) is 10.6 Å². The Morgan fingerprint density at radius 2 is 1.90 bits per heavy atom. The third-order valence-electron chi connectivity index (χ3n) is 5.34. The number of morpholine rings is 1. The van der Waals surface area contributed by atoms with Crippen LogP contribution in [0.2, 0.25) is 0 Å². The van der Waals surface area contributed by atoms with Crippen molar-refractivity contribution in [3.8, 4) is 16.9 Å². The first-order valence-electron chi connectivity index (χ1n) is 9.93. The number of carbonyl (C=O) groups is 2. The van der Waals surface area contributed by atoms with Gasteiger partial charge in [-0.05, 0) is 24.3 Å². The van der Waals surface area contributed by atoms with Crippen LogP contribution in [0, 0.1) is 0 Å². The molecule has 9 heteroatoms. The van der Waals surface area contributed by atoms with Gasteiger partial charge in [0.1, 0.15) is 0 Å². The standard InChI is InChI=1S/C22H20N4O4S/c27-21(28)19-17-13-31-18-7-2-1-6-16(18)20(17)26(24-19)15-5-3-4-14(12-15)23-22(29)25-8-10-30-11-9-25/h1-7,12H,8-11,13H2,(H,23,29)(H,27,28). The highest BCUT2D eigenvalue weighted by Gasteiger charge is 2.29. The van der Waals surface area contributed by atoms with Gasteiger partial charge >= 0.3 is 12.0 Å². The molecular formula is C22H20N4O4S. The van der Waals surface area contributed by atoms with E-state index in [9.17, 15) is 14.7 Å². The number of nitrogens with zero attached hydrogens (tertiary/aromatic N) is 3. The number of hydrogen-bond acceptors (Lipinski definition) is 5. The summed E-state index contributed by atoms with van der Waals surface area (Å²) >= 11 is 1.61. The van der Waals surface area contributed by atoms with Crippen molar-refractivity contribution in [1.29, 1.82) is 0 Å². The first kappa shape index (κ1) is 19.7. The van der Waals surface area contributed by atoms with Crippen molar-refractivity contribution < 1.29 is 19.4 Å². The van der Waals surface area contributed by atoms with E-state index in [1.807, 2.05) is 42.5 Å². The van der Waals surface area contributed by atoms with Crippen molar-refractivity contribution >= 4 is 29.4 Å². The minimum Gasteiger partial charge on any atom is -0.476 e. The lowest BCUT2D eigenvalue weighted by Crippen LogP contribution is -2.43. The van der Waals surface area contributed by atoms with Crippen molar-refractivity contribution in [1.82, 2.24) is 14.7 Å². The number of nitrogens with one attached hydrogen (secondary N) is 1. The van der Waals surface area contributed by atoms with Crippen LogP contribution in [0.3, 0.4) is 0 Å². The summed E-state index contributed by atoms with van der Waals surface area (Å²) in [5, 5.41) is 17.1. The Morgan fingerprint density at radius 1 is 1.10 bits per heavy atom. The smallest absolute Gasteiger partial charge is 0.356 e. The molecule has 2 amide bonds. The Labute approximate surface area is 182 Å². The van der Waals surface area contributed by atoms with E-state index in [0.717, 1.165) is 16.2 Å². The van der Waals surface area contributed by atoms with E-state index < -0.39 is 5.97 Å². The molecule has 0 bridgehead atoms. The molecule has 0 spiro atoms. The molecule has 2 aliphatic heterocycles. The van der Waals surface area contributed by atoms with Crippen LogP contribution in [0.1, 0.15) is 16.1 Å². The Hall–Kier alpha value is -3.30. The molecule has 31 heavy (non-hydrogen) atoms. The van der Waals surface area contributed by atoms with Gasteiger partial charge in [-0.25, -0.2) is 14.3 Å². The number of benzene rings is 2. The number of amides is 2. The summed E-state index contributed by atoms with van der Waals surface area (Å²) < 4.78 is 6.97. The van der Waals surface area contributed by atoms with E-state index >= 15 is 0 Å². The fraction of sp³-hybridized carbons (Fsp3) is 0.227. The number of carbonyl (C=O) groups excluding carboxylic acids is 1. The monoisotopic (exact) mass is 436 g/mol. The van der Waals surface area contributed by atoms with Gasteiger partial charge < -0.3 is 20.1 Å². The molecule has 0 unspecified atom stereocenters. The lowest BCUT2D eigenvalue weighted by Gasteiger charge is -2.27. The number of ether oxygens (including phenoxy) is 1. The minimum absolute atomic E-state index is 0.0553. The van der Waals surface area contributed by atoms with E-state index in [2.05, 4.69) is 10.4 Å². The summed E-state index contributed by atoms with van der Waals surface area (Å²) in [6.07, 6.45) is 0. The summed E-state index contributed by atoms with van der Waals surface area (Å²) in [4.78, 5) is 27.2. The van der Waals surface area contributed by atoms with E-state index in [-0.39, 0.29) is 11.7 Å². The number of aromatic nitrogens is 2. The molecule has 0 saturated carbocycles. The fourth-order valence-electron chi connectivity index (χ4n) is 3.84. The zero-order valence-corrected chi connectivity index (χ0v) is 17.4. The van der Waals surface area contributed by atoms with Gasteiger partial charge in [-0.1, -0.05) is 24.3 Å². The average molecular weight is 436 g/mol. The molecule has 0 atom stereocenters. The van der Waals surface area contributed by atoms with Crippen molar-refractivity contribution in [3.05, 3.63) is 59.8 Å². The predicted octanol–water partition coefficient (Wildman–Crippen LogP) is 3.71. The van der Waals surface area contributed by atoms with Gasteiger partial charge in [-0.15, -0.1) is 11.8 Å².